The highest BCUT2D eigenvalue weighted by atomic mass is 16.5. The number of amides is 1. The molecular formula is C23H29N5O3. The molecule has 1 saturated heterocycles. The number of benzene rings is 2. The molecule has 0 spiro atoms. The molecule has 3 aromatic rings. The minimum atomic E-state index is -0.228. The second kappa shape index (κ2) is 9.45. The zero-order chi connectivity index (χ0) is 21.8. The number of hydrogen-bond acceptors (Lipinski definition) is 6. The average molecular weight is 424 g/mol. The average Bonchev–Trinajstić information content (AvgIpc) is 3.29. The van der Waals surface area contributed by atoms with E-state index in [2.05, 4.69) is 45.5 Å². The summed E-state index contributed by atoms with van der Waals surface area (Å²) in [6, 6.07) is 12.7. The number of carbonyl (C=O) groups excluding carboxylic acids is 1. The normalized spacial score (nSPS) is 17.1. The Labute approximate surface area is 182 Å². The van der Waals surface area contributed by atoms with Gasteiger partial charge in [0.2, 0.25) is 0 Å². The van der Waals surface area contributed by atoms with Crippen LogP contribution in [-0.4, -0.2) is 76.2 Å². The van der Waals surface area contributed by atoms with Gasteiger partial charge < -0.3 is 14.7 Å². The van der Waals surface area contributed by atoms with Crippen LogP contribution < -0.4 is 4.74 Å². The van der Waals surface area contributed by atoms with E-state index in [1.54, 1.807) is 20.4 Å². The number of likely N-dealkylation sites (N-methyl/N-ethyl adjacent to an activating group) is 1. The van der Waals surface area contributed by atoms with Crippen LogP contribution in [0.3, 0.4) is 0 Å². The maximum absolute atomic E-state index is 12.4. The lowest BCUT2D eigenvalue weighted by atomic mass is 10.0. The van der Waals surface area contributed by atoms with E-state index in [-0.39, 0.29) is 25.1 Å². The molecule has 8 nitrogen and oxygen atoms in total. The third kappa shape index (κ3) is 4.55. The number of piperidine rings is 1. The van der Waals surface area contributed by atoms with Gasteiger partial charge in [-0.25, -0.2) is 4.68 Å². The molecule has 0 radical (unpaired) electrons. The van der Waals surface area contributed by atoms with E-state index < -0.39 is 0 Å². The first-order valence-corrected chi connectivity index (χ1v) is 10.7. The summed E-state index contributed by atoms with van der Waals surface area (Å²) < 4.78 is 7.48. The van der Waals surface area contributed by atoms with Crippen LogP contribution in [0.5, 0.6) is 5.75 Å². The molecule has 1 aliphatic heterocycles. The van der Waals surface area contributed by atoms with Crippen molar-refractivity contribution in [2.75, 3.05) is 40.4 Å². The van der Waals surface area contributed by atoms with Gasteiger partial charge in [-0.2, -0.15) is 0 Å². The Kier molecular flexibility index (Phi) is 6.48. The second-order valence-electron chi connectivity index (χ2n) is 8.03. The number of fused-ring (bicyclic) bond motifs is 1. The Balaban J connectivity index is 1.50. The zero-order valence-electron chi connectivity index (χ0n) is 18.1. The fraction of sp³-hybridized carbons (Fsp3) is 0.435. The van der Waals surface area contributed by atoms with Gasteiger partial charge in [-0.05, 0) is 36.2 Å². The highest BCUT2D eigenvalue weighted by Crippen LogP contribution is 2.31. The largest absolute Gasteiger partial charge is 0.496 e. The van der Waals surface area contributed by atoms with E-state index in [9.17, 15) is 4.79 Å². The molecule has 0 bridgehead atoms. The lowest BCUT2D eigenvalue weighted by molar-refractivity contribution is 0.0761. The molecule has 2 heterocycles. The first-order chi connectivity index (χ1) is 15.1. The lowest BCUT2D eigenvalue weighted by Crippen LogP contribution is -2.36. The van der Waals surface area contributed by atoms with E-state index in [0.717, 1.165) is 38.2 Å². The minimum Gasteiger partial charge on any atom is -0.496 e. The van der Waals surface area contributed by atoms with E-state index in [0.29, 0.717) is 5.69 Å². The molecule has 1 amide bonds. The molecule has 1 N–H and O–H groups in total. The molecule has 4 rings (SSSR count). The van der Waals surface area contributed by atoms with E-state index >= 15 is 0 Å². The molecule has 1 aliphatic rings. The summed E-state index contributed by atoms with van der Waals surface area (Å²) in [6.45, 7) is 2.82. The van der Waals surface area contributed by atoms with Gasteiger partial charge in [-0.15, -0.1) is 5.10 Å². The number of hydrogen-bond donors (Lipinski definition) is 1. The number of aliphatic hydroxyl groups excluding tert-OH is 1. The molecule has 31 heavy (non-hydrogen) atoms. The fourth-order valence-electron chi connectivity index (χ4n) is 4.28. The number of aromatic nitrogens is 3. The summed E-state index contributed by atoms with van der Waals surface area (Å²) in [5, 5.41) is 19.8. The molecule has 0 aliphatic carbocycles. The molecule has 2 aromatic carbocycles. The van der Waals surface area contributed by atoms with E-state index in [1.807, 2.05) is 10.7 Å². The highest BCUT2D eigenvalue weighted by Gasteiger charge is 2.25. The summed E-state index contributed by atoms with van der Waals surface area (Å²) >= 11 is 0. The van der Waals surface area contributed by atoms with Crippen molar-refractivity contribution in [1.29, 1.82) is 0 Å². The Morgan fingerprint density at radius 1 is 1.29 bits per heavy atom. The van der Waals surface area contributed by atoms with Gasteiger partial charge in [0, 0.05) is 32.2 Å². The first-order valence-electron chi connectivity index (χ1n) is 10.7. The van der Waals surface area contributed by atoms with Crippen LogP contribution in [-0.2, 0) is 6.54 Å². The fourth-order valence-corrected chi connectivity index (χ4v) is 4.28. The third-order valence-electron chi connectivity index (χ3n) is 5.97. The SMILES string of the molecule is COc1ccc2ccccc2c1CN1CCC[C@H](n2cc(C(=O)N(C)CCO)nn2)C1. The van der Waals surface area contributed by atoms with E-state index in [1.165, 1.54) is 21.2 Å². The van der Waals surface area contributed by atoms with Crippen molar-refractivity contribution in [2.24, 2.45) is 0 Å². The molecule has 164 valence electrons. The monoisotopic (exact) mass is 423 g/mol. The summed E-state index contributed by atoms with van der Waals surface area (Å²) in [5.41, 5.74) is 1.50. The number of likely N-dealkylation sites (tertiary alicyclic amines) is 1. The standard InChI is InChI=1S/C23H29N5O3/c1-26(12-13-29)23(30)21-16-28(25-24-21)18-7-5-11-27(14-18)15-20-19-8-4-3-6-17(19)9-10-22(20)31-2/h3-4,6,8-10,16,18,29H,5,7,11-15H2,1-2H3/t18-/m0/s1. The number of nitrogens with zero attached hydrogens (tertiary/aromatic N) is 5. The molecule has 1 fully saturated rings. The number of aliphatic hydroxyl groups is 1. The second-order valence-corrected chi connectivity index (χ2v) is 8.03. The van der Waals surface area contributed by atoms with Crippen LogP contribution >= 0.6 is 0 Å². The Hall–Kier alpha value is -2.97. The van der Waals surface area contributed by atoms with Crippen LogP contribution in [0.4, 0.5) is 0 Å². The summed E-state index contributed by atoms with van der Waals surface area (Å²) in [6.07, 6.45) is 3.76. The van der Waals surface area contributed by atoms with Crippen LogP contribution in [0.1, 0.15) is 34.9 Å². The van der Waals surface area contributed by atoms with Crippen LogP contribution in [0, 0.1) is 0 Å². The maximum atomic E-state index is 12.4. The van der Waals surface area contributed by atoms with Gasteiger partial charge in [0.05, 0.1) is 26.0 Å². The van der Waals surface area contributed by atoms with Gasteiger partial charge in [-0.3, -0.25) is 9.69 Å². The van der Waals surface area contributed by atoms with Crippen molar-refractivity contribution in [3.63, 3.8) is 0 Å². The summed E-state index contributed by atoms with van der Waals surface area (Å²) in [4.78, 5) is 16.3. The number of rotatable bonds is 7. The summed E-state index contributed by atoms with van der Waals surface area (Å²) in [7, 11) is 3.37. The van der Waals surface area contributed by atoms with Gasteiger partial charge in [0.15, 0.2) is 5.69 Å². The van der Waals surface area contributed by atoms with Crippen molar-refractivity contribution in [2.45, 2.75) is 25.4 Å². The molecular weight excluding hydrogens is 394 g/mol. The number of carbonyl (C=O) groups is 1. The molecule has 0 saturated carbocycles. The predicted molar refractivity (Wildman–Crippen MR) is 118 cm³/mol. The quantitative estimate of drug-likeness (QED) is 0.628. The first kappa shape index (κ1) is 21.3. The molecule has 0 unspecified atom stereocenters. The minimum absolute atomic E-state index is 0.0778. The van der Waals surface area contributed by atoms with Crippen molar-refractivity contribution < 1.29 is 14.6 Å². The van der Waals surface area contributed by atoms with Gasteiger partial charge in [0.1, 0.15) is 5.75 Å². The van der Waals surface area contributed by atoms with Crippen LogP contribution in [0.2, 0.25) is 0 Å². The Bertz CT molecular complexity index is 1050. The van der Waals surface area contributed by atoms with Crippen molar-refractivity contribution in [3.8, 4) is 5.75 Å². The van der Waals surface area contributed by atoms with E-state index in [4.69, 9.17) is 9.84 Å². The van der Waals surface area contributed by atoms with Crippen molar-refractivity contribution >= 4 is 16.7 Å². The molecule has 8 heteroatoms. The van der Waals surface area contributed by atoms with Gasteiger partial charge in [0.25, 0.3) is 5.91 Å². The Morgan fingerprint density at radius 2 is 2.13 bits per heavy atom. The zero-order valence-corrected chi connectivity index (χ0v) is 18.1. The van der Waals surface area contributed by atoms with Crippen molar-refractivity contribution in [1.82, 2.24) is 24.8 Å². The van der Waals surface area contributed by atoms with Crippen molar-refractivity contribution in [3.05, 3.63) is 53.9 Å². The van der Waals surface area contributed by atoms with Gasteiger partial charge >= 0.3 is 0 Å². The lowest BCUT2D eigenvalue weighted by Gasteiger charge is -2.33. The molecule has 1 atom stereocenters. The number of methoxy groups -OCH3 is 1. The highest BCUT2D eigenvalue weighted by molar-refractivity contribution is 5.91. The predicted octanol–water partition coefficient (Wildman–Crippen LogP) is 2.34. The maximum Gasteiger partial charge on any atom is 0.275 e. The molecule has 1 aromatic heterocycles. The van der Waals surface area contributed by atoms with Gasteiger partial charge in [-0.1, -0.05) is 35.5 Å². The number of ether oxygens (including phenoxy) is 1. The summed E-state index contributed by atoms with van der Waals surface area (Å²) in [5.74, 6) is 0.676. The Morgan fingerprint density at radius 3 is 2.94 bits per heavy atom. The topological polar surface area (TPSA) is 83.7 Å². The van der Waals surface area contributed by atoms with Crippen LogP contribution in [0.25, 0.3) is 10.8 Å². The van der Waals surface area contributed by atoms with Crippen LogP contribution in [0.15, 0.2) is 42.6 Å². The smallest absolute Gasteiger partial charge is 0.275 e. The third-order valence-corrected chi connectivity index (χ3v) is 5.97.